The van der Waals surface area contributed by atoms with E-state index in [0.29, 0.717) is 30.2 Å². The van der Waals surface area contributed by atoms with Crippen LogP contribution in [-0.2, 0) is 11.3 Å². The van der Waals surface area contributed by atoms with Crippen molar-refractivity contribution in [2.45, 2.75) is 50.9 Å². The first kappa shape index (κ1) is 18.4. The molecule has 0 unspecified atom stereocenters. The zero-order valence-electron chi connectivity index (χ0n) is 14.1. The van der Waals surface area contributed by atoms with E-state index in [9.17, 15) is 22.8 Å². The van der Waals surface area contributed by atoms with Gasteiger partial charge >= 0.3 is 6.18 Å². The summed E-state index contributed by atoms with van der Waals surface area (Å²) in [4.78, 5) is 24.0. The Labute approximate surface area is 148 Å². The Morgan fingerprint density at radius 1 is 1.23 bits per heavy atom. The molecule has 0 saturated heterocycles. The average molecular weight is 367 g/mol. The molecule has 5 nitrogen and oxygen atoms in total. The van der Waals surface area contributed by atoms with Crippen LogP contribution in [0.4, 0.5) is 13.2 Å². The number of alkyl halides is 3. The fourth-order valence-corrected chi connectivity index (χ4v) is 3.52. The summed E-state index contributed by atoms with van der Waals surface area (Å²) >= 11 is 0. The number of carbonyl (C=O) groups is 1. The van der Waals surface area contributed by atoms with Crippen LogP contribution >= 0.6 is 0 Å². The highest BCUT2D eigenvalue weighted by Gasteiger charge is 2.45. The fraction of sp³-hybridized carbons (Fsp3) is 0.500. The summed E-state index contributed by atoms with van der Waals surface area (Å²) in [5.74, 6) is -1.91. The second-order valence-electron chi connectivity index (χ2n) is 6.61. The summed E-state index contributed by atoms with van der Waals surface area (Å²) in [6.07, 6.45) is -1.50. The first-order valence-corrected chi connectivity index (χ1v) is 8.67. The zero-order valence-corrected chi connectivity index (χ0v) is 14.1. The van der Waals surface area contributed by atoms with Crippen LogP contribution in [0.15, 0.2) is 35.3 Å². The molecule has 140 valence electrons. The maximum atomic E-state index is 13.1. The SMILES string of the molecule is O=C(CCn1ncc(=O)c2ccccc21)N[C@H]1CCCC[C@H]1C(F)(F)F. The number of nitrogens with one attached hydrogen (secondary N) is 1. The third kappa shape index (κ3) is 4.05. The number of nitrogens with zero attached hydrogens (tertiary/aromatic N) is 2. The molecule has 1 heterocycles. The molecule has 8 heteroatoms. The Balaban J connectivity index is 1.66. The minimum atomic E-state index is -4.30. The number of amides is 1. The van der Waals surface area contributed by atoms with Gasteiger partial charge < -0.3 is 5.32 Å². The second-order valence-corrected chi connectivity index (χ2v) is 6.61. The first-order chi connectivity index (χ1) is 12.4. The molecule has 1 aliphatic carbocycles. The van der Waals surface area contributed by atoms with Crippen LogP contribution in [0.2, 0.25) is 0 Å². The average Bonchev–Trinajstić information content (AvgIpc) is 2.61. The van der Waals surface area contributed by atoms with Gasteiger partial charge in [0.2, 0.25) is 11.3 Å². The number of hydrogen-bond acceptors (Lipinski definition) is 3. The molecule has 1 amide bonds. The summed E-state index contributed by atoms with van der Waals surface area (Å²) in [6, 6.07) is 6.03. The highest BCUT2D eigenvalue weighted by molar-refractivity contribution is 5.79. The quantitative estimate of drug-likeness (QED) is 0.904. The van der Waals surface area contributed by atoms with E-state index >= 15 is 0 Å². The van der Waals surface area contributed by atoms with E-state index in [1.807, 2.05) is 0 Å². The molecule has 0 radical (unpaired) electrons. The van der Waals surface area contributed by atoms with Crippen LogP contribution in [0, 0.1) is 5.92 Å². The molecule has 26 heavy (non-hydrogen) atoms. The van der Waals surface area contributed by atoms with Crippen molar-refractivity contribution in [1.29, 1.82) is 0 Å². The number of hydrogen-bond donors (Lipinski definition) is 1. The molecule has 1 fully saturated rings. The van der Waals surface area contributed by atoms with Crippen molar-refractivity contribution in [3.05, 3.63) is 40.7 Å². The summed E-state index contributed by atoms with van der Waals surface area (Å²) in [6.45, 7) is 0.191. The summed E-state index contributed by atoms with van der Waals surface area (Å²) < 4.78 is 40.9. The van der Waals surface area contributed by atoms with Crippen molar-refractivity contribution in [3.63, 3.8) is 0 Å². The van der Waals surface area contributed by atoms with Crippen LogP contribution in [0.5, 0.6) is 0 Å². The van der Waals surface area contributed by atoms with Crippen molar-refractivity contribution in [2.75, 3.05) is 0 Å². The minimum Gasteiger partial charge on any atom is -0.353 e. The molecule has 0 bridgehead atoms. The van der Waals surface area contributed by atoms with E-state index in [1.165, 1.54) is 10.9 Å². The maximum Gasteiger partial charge on any atom is 0.393 e. The normalized spacial score (nSPS) is 20.9. The van der Waals surface area contributed by atoms with Crippen molar-refractivity contribution in [3.8, 4) is 0 Å². The molecule has 1 aromatic carbocycles. The van der Waals surface area contributed by atoms with Gasteiger partial charge in [0.25, 0.3) is 0 Å². The van der Waals surface area contributed by atoms with Gasteiger partial charge in [-0.15, -0.1) is 0 Å². The Kier molecular flexibility index (Phi) is 5.29. The molecule has 0 aliphatic heterocycles. The summed E-state index contributed by atoms with van der Waals surface area (Å²) in [7, 11) is 0. The smallest absolute Gasteiger partial charge is 0.353 e. The molecular formula is C18H20F3N3O2. The lowest BCUT2D eigenvalue weighted by molar-refractivity contribution is -0.189. The lowest BCUT2D eigenvalue weighted by atomic mass is 9.84. The van der Waals surface area contributed by atoms with Gasteiger partial charge in [-0.1, -0.05) is 25.0 Å². The predicted molar refractivity (Wildman–Crippen MR) is 90.6 cm³/mol. The van der Waals surface area contributed by atoms with E-state index in [0.717, 1.165) is 0 Å². The van der Waals surface area contributed by atoms with E-state index in [4.69, 9.17) is 0 Å². The molecule has 1 aliphatic rings. The van der Waals surface area contributed by atoms with Gasteiger partial charge in [-0.05, 0) is 25.0 Å². The molecule has 2 aromatic rings. The topological polar surface area (TPSA) is 64.0 Å². The number of rotatable bonds is 4. The molecule has 2 atom stereocenters. The minimum absolute atomic E-state index is 0.000934. The number of benzene rings is 1. The first-order valence-electron chi connectivity index (χ1n) is 8.67. The van der Waals surface area contributed by atoms with Gasteiger partial charge in [0, 0.05) is 17.8 Å². The number of para-hydroxylation sites is 1. The second kappa shape index (κ2) is 7.47. The fourth-order valence-electron chi connectivity index (χ4n) is 3.52. The van der Waals surface area contributed by atoms with Crippen LogP contribution in [-0.4, -0.2) is 27.9 Å². The highest BCUT2D eigenvalue weighted by atomic mass is 19.4. The molecule has 1 aromatic heterocycles. The van der Waals surface area contributed by atoms with E-state index in [2.05, 4.69) is 10.4 Å². The lowest BCUT2D eigenvalue weighted by Crippen LogP contribution is -2.47. The standard InChI is InChI=1S/C18H20F3N3O2/c19-18(20,21)13-6-2-3-7-14(13)23-17(26)9-10-24-15-8-4-1-5-12(15)16(25)11-22-24/h1,4-5,8,11,13-14H,2-3,6-7,9-10H2,(H,23,26)/t13-,14+/m1/s1. The van der Waals surface area contributed by atoms with Crippen molar-refractivity contribution < 1.29 is 18.0 Å². The number of fused-ring (bicyclic) bond motifs is 1. The predicted octanol–water partition coefficient (Wildman–Crippen LogP) is 3.02. The van der Waals surface area contributed by atoms with E-state index < -0.39 is 24.0 Å². The van der Waals surface area contributed by atoms with Crippen molar-refractivity contribution in [2.24, 2.45) is 5.92 Å². The molecule has 1 saturated carbocycles. The number of aromatic nitrogens is 2. The van der Waals surface area contributed by atoms with Crippen molar-refractivity contribution >= 4 is 16.8 Å². The van der Waals surface area contributed by atoms with Gasteiger partial charge in [0.05, 0.1) is 24.2 Å². The largest absolute Gasteiger partial charge is 0.393 e. The molecular weight excluding hydrogens is 347 g/mol. The third-order valence-corrected chi connectivity index (χ3v) is 4.85. The summed E-state index contributed by atoms with van der Waals surface area (Å²) in [5.41, 5.74) is 0.384. The van der Waals surface area contributed by atoms with Crippen molar-refractivity contribution in [1.82, 2.24) is 15.1 Å². The van der Waals surface area contributed by atoms with E-state index in [1.54, 1.807) is 24.3 Å². The Morgan fingerprint density at radius 2 is 1.96 bits per heavy atom. The monoisotopic (exact) mass is 367 g/mol. The van der Waals surface area contributed by atoms with Crippen LogP contribution in [0.25, 0.3) is 10.9 Å². The van der Waals surface area contributed by atoms with E-state index in [-0.39, 0.29) is 24.8 Å². The molecule has 3 rings (SSSR count). The number of halogens is 3. The third-order valence-electron chi connectivity index (χ3n) is 4.85. The van der Waals surface area contributed by atoms with Gasteiger partial charge in [0.1, 0.15) is 0 Å². The van der Waals surface area contributed by atoms with Crippen LogP contribution in [0.3, 0.4) is 0 Å². The zero-order chi connectivity index (χ0) is 18.7. The maximum absolute atomic E-state index is 13.1. The Bertz CT molecular complexity index is 847. The van der Waals surface area contributed by atoms with Gasteiger partial charge in [-0.25, -0.2) is 0 Å². The number of carbonyl (C=O) groups excluding carboxylic acids is 1. The highest BCUT2D eigenvalue weighted by Crippen LogP contribution is 2.37. The van der Waals surface area contributed by atoms with Crippen LogP contribution in [0.1, 0.15) is 32.1 Å². The summed E-state index contributed by atoms with van der Waals surface area (Å²) in [5, 5.41) is 7.06. The molecule has 0 spiro atoms. The number of aryl methyl sites for hydroxylation is 1. The Hall–Kier alpha value is -2.38. The molecule has 1 N–H and O–H groups in total. The Morgan fingerprint density at radius 3 is 2.73 bits per heavy atom. The van der Waals surface area contributed by atoms with Crippen LogP contribution < -0.4 is 10.7 Å². The van der Waals surface area contributed by atoms with Gasteiger partial charge in [-0.2, -0.15) is 18.3 Å². The lowest BCUT2D eigenvalue weighted by Gasteiger charge is -2.33. The van der Waals surface area contributed by atoms with Gasteiger partial charge in [0.15, 0.2) is 0 Å². The van der Waals surface area contributed by atoms with Gasteiger partial charge in [-0.3, -0.25) is 14.3 Å².